The van der Waals surface area contributed by atoms with Crippen molar-refractivity contribution in [1.29, 1.82) is 0 Å². The Bertz CT molecular complexity index is 407. The number of hydrogen-bond acceptors (Lipinski definition) is 5. The fourth-order valence-corrected chi connectivity index (χ4v) is 2.60. The van der Waals surface area contributed by atoms with Gasteiger partial charge in [0.25, 0.3) is 5.91 Å². The molecule has 100 valence electrons. The zero-order valence-corrected chi connectivity index (χ0v) is 11.6. The van der Waals surface area contributed by atoms with E-state index in [9.17, 15) is 9.90 Å². The molecule has 1 amide bonds. The third-order valence-electron chi connectivity index (χ3n) is 3.70. The van der Waals surface area contributed by atoms with Crippen molar-refractivity contribution in [2.75, 3.05) is 6.54 Å². The van der Waals surface area contributed by atoms with Gasteiger partial charge in [0.05, 0.1) is 11.8 Å². The number of hydrogen-bond donors (Lipinski definition) is 2. The predicted molar refractivity (Wildman–Crippen MR) is 69.4 cm³/mol. The minimum atomic E-state index is -0.761. The molecule has 0 saturated heterocycles. The molecule has 1 heterocycles. The molecule has 1 saturated carbocycles. The molecule has 0 bridgehead atoms. The van der Waals surface area contributed by atoms with Crippen molar-refractivity contribution in [1.82, 2.24) is 14.9 Å². The standard InChI is InChI=1S/C12H19N3O2S/c1-11(2)3-5-12(17,6-4-11)8-13-10(16)9-7-14-15-18-9/h7,17H,3-6,8H2,1-2H3,(H,13,16). The summed E-state index contributed by atoms with van der Waals surface area (Å²) >= 11 is 1.06. The van der Waals surface area contributed by atoms with E-state index in [1.165, 1.54) is 6.20 Å². The van der Waals surface area contributed by atoms with Crippen LogP contribution in [0.2, 0.25) is 0 Å². The molecule has 0 spiro atoms. The monoisotopic (exact) mass is 269 g/mol. The van der Waals surface area contributed by atoms with Crippen LogP contribution in [-0.2, 0) is 0 Å². The first-order chi connectivity index (χ1) is 8.40. The van der Waals surface area contributed by atoms with Gasteiger partial charge in [-0.25, -0.2) is 0 Å². The molecule has 1 aromatic rings. The van der Waals surface area contributed by atoms with E-state index in [4.69, 9.17) is 0 Å². The molecule has 18 heavy (non-hydrogen) atoms. The maximum Gasteiger partial charge on any atom is 0.264 e. The summed E-state index contributed by atoms with van der Waals surface area (Å²) in [5.74, 6) is -0.205. The number of amides is 1. The van der Waals surface area contributed by atoms with Gasteiger partial charge in [0.15, 0.2) is 0 Å². The van der Waals surface area contributed by atoms with Crippen molar-refractivity contribution in [2.45, 2.75) is 45.1 Å². The van der Waals surface area contributed by atoms with Crippen LogP contribution in [0.5, 0.6) is 0 Å². The van der Waals surface area contributed by atoms with E-state index >= 15 is 0 Å². The van der Waals surface area contributed by atoms with Crippen LogP contribution in [0, 0.1) is 5.41 Å². The van der Waals surface area contributed by atoms with Gasteiger partial charge in [-0.1, -0.05) is 18.3 Å². The van der Waals surface area contributed by atoms with Gasteiger partial charge in [-0.2, -0.15) is 0 Å². The second kappa shape index (κ2) is 4.93. The molecule has 0 aliphatic heterocycles. The molecule has 0 aromatic carbocycles. The quantitative estimate of drug-likeness (QED) is 0.874. The second-order valence-electron chi connectivity index (χ2n) is 5.85. The van der Waals surface area contributed by atoms with Gasteiger partial charge in [0, 0.05) is 6.54 Å². The fraction of sp³-hybridized carbons (Fsp3) is 0.750. The Labute approximate surface area is 111 Å². The summed E-state index contributed by atoms with van der Waals surface area (Å²) in [6.45, 7) is 4.74. The Morgan fingerprint density at radius 2 is 2.11 bits per heavy atom. The molecule has 1 aromatic heterocycles. The molecule has 5 nitrogen and oxygen atoms in total. The second-order valence-corrected chi connectivity index (χ2v) is 6.64. The highest BCUT2D eigenvalue weighted by molar-refractivity contribution is 7.07. The van der Waals surface area contributed by atoms with Crippen LogP contribution in [0.4, 0.5) is 0 Å². The van der Waals surface area contributed by atoms with E-state index in [1.54, 1.807) is 0 Å². The normalized spacial score (nSPS) is 21.5. The average Bonchev–Trinajstić information content (AvgIpc) is 2.85. The van der Waals surface area contributed by atoms with Crippen LogP contribution >= 0.6 is 11.5 Å². The number of aliphatic hydroxyl groups is 1. The molecule has 1 fully saturated rings. The molecule has 6 heteroatoms. The summed E-state index contributed by atoms with van der Waals surface area (Å²) in [4.78, 5) is 12.2. The van der Waals surface area contributed by atoms with Gasteiger partial charge in [0.2, 0.25) is 0 Å². The highest BCUT2D eigenvalue weighted by Crippen LogP contribution is 2.39. The highest BCUT2D eigenvalue weighted by Gasteiger charge is 2.36. The largest absolute Gasteiger partial charge is 0.388 e. The molecule has 1 aliphatic rings. The van der Waals surface area contributed by atoms with Gasteiger partial charge >= 0.3 is 0 Å². The topological polar surface area (TPSA) is 75.1 Å². The summed E-state index contributed by atoms with van der Waals surface area (Å²) in [5, 5.41) is 16.8. The maximum absolute atomic E-state index is 11.7. The zero-order valence-electron chi connectivity index (χ0n) is 10.8. The van der Waals surface area contributed by atoms with Crippen LogP contribution in [-0.4, -0.2) is 32.7 Å². The molecule has 0 atom stereocenters. The lowest BCUT2D eigenvalue weighted by molar-refractivity contribution is -0.0232. The van der Waals surface area contributed by atoms with Crippen LogP contribution in [0.3, 0.4) is 0 Å². The summed E-state index contributed by atoms with van der Waals surface area (Å²) in [6, 6.07) is 0. The third kappa shape index (κ3) is 3.26. The maximum atomic E-state index is 11.7. The molecule has 0 unspecified atom stereocenters. The summed E-state index contributed by atoms with van der Waals surface area (Å²) in [5.41, 5.74) is -0.457. The first kappa shape index (κ1) is 13.4. The number of carbonyl (C=O) groups excluding carboxylic acids is 1. The first-order valence-corrected chi connectivity index (χ1v) is 6.96. The number of nitrogens with zero attached hydrogens (tertiary/aromatic N) is 2. The van der Waals surface area contributed by atoms with Crippen LogP contribution in [0.1, 0.15) is 49.2 Å². The third-order valence-corrected chi connectivity index (χ3v) is 4.36. The smallest absolute Gasteiger partial charge is 0.264 e. The Kier molecular flexibility index (Phi) is 3.68. The van der Waals surface area contributed by atoms with Crippen LogP contribution in [0.15, 0.2) is 6.20 Å². The van der Waals surface area contributed by atoms with Crippen LogP contribution in [0.25, 0.3) is 0 Å². The van der Waals surface area contributed by atoms with Gasteiger partial charge < -0.3 is 10.4 Å². The van der Waals surface area contributed by atoms with Gasteiger partial charge in [-0.15, -0.1) is 5.10 Å². The lowest BCUT2D eigenvalue weighted by Crippen LogP contribution is -2.46. The predicted octanol–water partition coefficient (Wildman–Crippen LogP) is 1.60. The van der Waals surface area contributed by atoms with E-state index < -0.39 is 5.60 Å². The van der Waals surface area contributed by atoms with Gasteiger partial charge in [-0.05, 0) is 42.6 Å². The number of carbonyl (C=O) groups is 1. The molecule has 1 aliphatic carbocycles. The van der Waals surface area contributed by atoms with Crippen LogP contribution < -0.4 is 5.32 Å². The van der Waals surface area contributed by atoms with E-state index in [1.807, 2.05) is 0 Å². The Morgan fingerprint density at radius 1 is 1.44 bits per heavy atom. The van der Waals surface area contributed by atoms with E-state index in [-0.39, 0.29) is 5.91 Å². The van der Waals surface area contributed by atoms with Gasteiger partial charge in [-0.3, -0.25) is 4.79 Å². The summed E-state index contributed by atoms with van der Waals surface area (Å²) in [6.07, 6.45) is 4.89. The number of aromatic nitrogens is 2. The minimum Gasteiger partial charge on any atom is -0.388 e. The number of nitrogens with one attached hydrogen (secondary N) is 1. The fourth-order valence-electron chi connectivity index (χ4n) is 2.17. The lowest BCUT2D eigenvalue weighted by Gasteiger charge is -2.40. The lowest BCUT2D eigenvalue weighted by atomic mass is 9.71. The summed E-state index contributed by atoms with van der Waals surface area (Å²) < 4.78 is 3.64. The van der Waals surface area contributed by atoms with E-state index in [0.717, 1.165) is 37.2 Å². The Hall–Kier alpha value is -1.01. The minimum absolute atomic E-state index is 0.205. The molecule has 0 radical (unpaired) electrons. The van der Waals surface area contributed by atoms with Crippen molar-refractivity contribution >= 4 is 17.4 Å². The van der Waals surface area contributed by atoms with Crippen molar-refractivity contribution in [3.05, 3.63) is 11.1 Å². The Balaban J connectivity index is 1.85. The van der Waals surface area contributed by atoms with Crippen molar-refractivity contribution in [2.24, 2.45) is 5.41 Å². The van der Waals surface area contributed by atoms with Crippen molar-refractivity contribution < 1.29 is 9.90 Å². The SMILES string of the molecule is CC1(C)CCC(O)(CNC(=O)c2cnns2)CC1. The highest BCUT2D eigenvalue weighted by atomic mass is 32.1. The zero-order chi connectivity index (χ0) is 13.2. The molecule has 2 N–H and O–H groups in total. The van der Waals surface area contributed by atoms with Gasteiger partial charge in [0.1, 0.15) is 4.88 Å². The molecular weight excluding hydrogens is 250 g/mol. The number of rotatable bonds is 3. The molecular formula is C12H19N3O2S. The van der Waals surface area contributed by atoms with E-state index in [2.05, 4.69) is 28.8 Å². The van der Waals surface area contributed by atoms with Crippen molar-refractivity contribution in [3.63, 3.8) is 0 Å². The summed E-state index contributed by atoms with van der Waals surface area (Å²) in [7, 11) is 0. The van der Waals surface area contributed by atoms with E-state index in [0.29, 0.717) is 16.8 Å². The Morgan fingerprint density at radius 3 is 2.67 bits per heavy atom. The average molecular weight is 269 g/mol. The first-order valence-electron chi connectivity index (χ1n) is 6.18. The molecule has 2 rings (SSSR count). The van der Waals surface area contributed by atoms with Crippen molar-refractivity contribution in [3.8, 4) is 0 Å².